The Morgan fingerprint density at radius 3 is 2.46 bits per heavy atom. The maximum atomic E-state index is 11.8. The predicted octanol–water partition coefficient (Wildman–Crippen LogP) is 0.771. The molecule has 1 unspecified atom stereocenters. The lowest BCUT2D eigenvalue weighted by Gasteiger charge is -2.31. The van der Waals surface area contributed by atoms with Crippen molar-refractivity contribution in [2.75, 3.05) is 59.3 Å². The summed E-state index contributed by atoms with van der Waals surface area (Å²) in [5.74, 6) is 3.31. The Morgan fingerprint density at radius 1 is 1.04 bits per heavy atom. The number of rotatable bonds is 5. The standard InChI is InChI=1S/C18H27N7O2S/c1-13(26)11-19-18-22-15-14(17(23-18)25-7-9-28(27)10-8-25)20-12-21-16(15)24-5-3-2-4-6-24/h12-13,26H,2-11H2,1H3,(H,19,22,23). The molecule has 1 atom stereocenters. The van der Waals surface area contributed by atoms with Crippen LogP contribution in [-0.2, 0) is 11.2 Å². The molecule has 28 heavy (non-hydrogen) atoms. The first-order valence-electron chi connectivity index (χ1n) is 9.91. The van der Waals surface area contributed by atoms with Gasteiger partial charge < -0.3 is 24.8 Å². The molecule has 2 aromatic heterocycles. The zero-order valence-corrected chi connectivity index (χ0v) is 17.0. The highest BCUT2D eigenvalue weighted by molar-refractivity contribution is 7.91. The van der Waals surface area contributed by atoms with Crippen LogP contribution >= 0.6 is 0 Å². The highest BCUT2D eigenvalue weighted by Crippen LogP contribution is 2.31. The monoisotopic (exact) mass is 405 g/mol. The molecule has 10 heteroatoms. The first kappa shape index (κ1) is 19.4. The lowest BCUT2D eigenvalue weighted by atomic mass is 10.1. The van der Waals surface area contributed by atoms with E-state index in [0.717, 1.165) is 48.6 Å². The van der Waals surface area contributed by atoms with E-state index in [9.17, 15) is 9.66 Å². The summed E-state index contributed by atoms with van der Waals surface area (Å²) in [6.45, 7) is 5.36. The van der Waals surface area contributed by atoms with Gasteiger partial charge in [0, 0.05) is 19.6 Å². The zero-order valence-electron chi connectivity index (χ0n) is 16.2. The normalized spacial score (nSPS) is 19.8. The molecule has 0 radical (unpaired) electrons. The smallest absolute Gasteiger partial charge is 0.225 e. The summed E-state index contributed by atoms with van der Waals surface area (Å²) in [7, 11) is 0. The van der Waals surface area contributed by atoms with Crippen LogP contribution in [0, 0.1) is 0 Å². The van der Waals surface area contributed by atoms with Gasteiger partial charge >= 0.3 is 0 Å². The van der Waals surface area contributed by atoms with Gasteiger partial charge in [0.25, 0.3) is 0 Å². The summed E-state index contributed by atoms with van der Waals surface area (Å²) >= 11 is -0.766. The lowest BCUT2D eigenvalue weighted by Crippen LogP contribution is -2.41. The minimum atomic E-state index is -0.766. The Morgan fingerprint density at radius 2 is 1.75 bits per heavy atom. The Balaban J connectivity index is 1.77. The number of nitrogens with zero attached hydrogens (tertiary/aromatic N) is 6. The third-order valence-corrected chi connectivity index (χ3v) is 6.41. The SMILES string of the molecule is CC(O)CNc1nc(N2CC[S+]([O-])CC2)c2ncnc(N3CCCCC3)c2n1. The Hall–Kier alpha value is -1.91. The minimum absolute atomic E-state index is 0.363. The second kappa shape index (κ2) is 8.62. The summed E-state index contributed by atoms with van der Waals surface area (Å²) in [5, 5.41) is 12.8. The number of aromatic nitrogens is 4. The number of anilines is 3. The van der Waals surface area contributed by atoms with Gasteiger partial charge in [-0.1, -0.05) is 11.2 Å². The van der Waals surface area contributed by atoms with E-state index in [-0.39, 0.29) is 0 Å². The van der Waals surface area contributed by atoms with Crippen LogP contribution in [0.15, 0.2) is 6.33 Å². The van der Waals surface area contributed by atoms with Crippen molar-refractivity contribution in [2.24, 2.45) is 0 Å². The van der Waals surface area contributed by atoms with Gasteiger partial charge in [-0.3, -0.25) is 0 Å². The van der Waals surface area contributed by atoms with Gasteiger partial charge in [0.05, 0.1) is 19.2 Å². The molecule has 0 saturated carbocycles. The van der Waals surface area contributed by atoms with Crippen LogP contribution in [0.5, 0.6) is 0 Å². The van der Waals surface area contributed by atoms with Crippen molar-refractivity contribution in [2.45, 2.75) is 32.3 Å². The van der Waals surface area contributed by atoms with E-state index in [1.165, 1.54) is 6.42 Å². The van der Waals surface area contributed by atoms with Crippen molar-refractivity contribution in [3.05, 3.63) is 6.33 Å². The fraction of sp³-hybridized carbons (Fsp3) is 0.667. The summed E-state index contributed by atoms with van der Waals surface area (Å²) in [6, 6.07) is 0. The summed E-state index contributed by atoms with van der Waals surface area (Å²) < 4.78 is 11.8. The summed E-state index contributed by atoms with van der Waals surface area (Å²) in [4.78, 5) is 22.9. The van der Waals surface area contributed by atoms with E-state index in [1.54, 1.807) is 13.3 Å². The fourth-order valence-electron chi connectivity index (χ4n) is 3.65. The maximum absolute atomic E-state index is 11.8. The minimum Gasteiger partial charge on any atom is -0.616 e. The molecule has 0 aromatic carbocycles. The van der Waals surface area contributed by atoms with Crippen LogP contribution in [0.4, 0.5) is 17.6 Å². The molecular formula is C18H27N7O2S. The first-order chi connectivity index (χ1) is 13.6. The molecule has 0 amide bonds. The maximum Gasteiger partial charge on any atom is 0.225 e. The number of aliphatic hydroxyl groups excluding tert-OH is 1. The van der Waals surface area contributed by atoms with Crippen LogP contribution in [0.3, 0.4) is 0 Å². The van der Waals surface area contributed by atoms with Gasteiger partial charge in [-0.05, 0) is 26.2 Å². The first-order valence-corrected chi connectivity index (χ1v) is 11.4. The average molecular weight is 406 g/mol. The molecule has 0 bridgehead atoms. The molecule has 4 rings (SSSR count). The highest BCUT2D eigenvalue weighted by Gasteiger charge is 2.26. The van der Waals surface area contributed by atoms with Gasteiger partial charge in [-0.15, -0.1) is 0 Å². The summed E-state index contributed by atoms with van der Waals surface area (Å²) in [6.07, 6.45) is 4.62. The van der Waals surface area contributed by atoms with Crippen LogP contribution in [-0.4, -0.2) is 79.9 Å². The number of hydrogen-bond acceptors (Lipinski definition) is 9. The highest BCUT2D eigenvalue weighted by atomic mass is 32.2. The van der Waals surface area contributed by atoms with Gasteiger partial charge in [-0.2, -0.15) is 4.98 Å². The number of aliphatic hydroxyl groups is 1. The Bertz CT molecular complexity index is 808. The average Bonchev–Trinajstić information content (AvgIpc) is 2.72. The molecule has 2 aliphatic heterocycles. The number of nitrogens with one attached hydrogen (secondary N) is 1. The van der Waals surface area contributed by atoms with Crippen LogP contribution in [0.2, 0.25) is 0 Å². The molecule has 0 spiro atoms. The second-order valence-corrected chi connectivity index (χ2v) is 9.07. The topological polar surface area (TPSA) is 113 Å². The number of fused-ring (bicyclic) bond motifs is 1. The predicted molar refractivity (Wildman–Crippen MR) is 111 cm³/mol. The third kappa shape index (κ3) is 4.23. The quantitative estimate of drug-likeness (QED) is 0.696. The third-order valence-electron chi connectivity index (χ3n) is 5.13. The van der Waals surface area contributed by atoms with Gasteiger partial charge in [0.15, 0.2) is 11.6 Å². The van der Waals surface area contributed by atoms with E-state index < -0.39 is 17.3 Å². The van der Waals surface area contributed by atoms with Crippen molar-refractivity contribution in [3.8, 4) is 0 Å². The molecule has 2 fully saturated rings. The van der Waals surface area contributed by atoms with Crippen LogP contribution in [0.25, 0.3) is 11.0 Å². The Kier molecular flexibility index (Phi) is 5.98. The molecule has 0 aliphatic carbocycles. The van der Waals surface area contributed by atoms with E-state index in [0.29, 0.717) is 37.1 Å². The summed E-state index contributed by atoms with van der Waals surface area (Å²) in [5.41, 5.74) is 1.46. The number of piperidine rings is 1. The lowest BCUT2D eigenvalue weighted by molar-refractivity contribution is 0.208. The number of hydrogen-bond donors (Lipinski definition) is 2. The fourth-order valence-corrected chi connectivity index (χ4v) is 4.70. The molecule has 2 aliphatic rings. The van der Waals surface area contributed by atoms with Crippen molar-refractivity contribution in [3.63, 3.8) is 0 Å². The largest absolute Gasteiger partial charge is 0.616 e. The zero-order chi connectivity index (χ0) is 19.5. The van der Waals surface area contributed by atoms with E-state index >= 15 is 0 Å². The van der Waals surface area contributed by atoms with Crippen molar-refractivity contribution in [1.82, 2.24) is 19.9 Å². The van der Waals surface area contributed by atoms with Gasteiger partial charge in [0.1, 0.15) is 28.9 Å². The molecule has 2 aromatic rings. The van der Waals surface area contributed by atoms with E-state index in [2.05, 4.69) is 25.1 Å². The van der Waals surface area contributed by atoms with E-state index in [1.807, 2.05) is 0 Å². The van der Waals surface area contributed by atoms with Gasteiger partial charge in [-0.25, -0.2) is 15.0 Å². The second-order valence-electron chi connectivity index (χ2n) is 7.38. The molecule has 4 heterocycles. The van der Waals surface area contributed by atoms with Crippen molar-refractivity contribution < 1.29 is 9.66 Å². The Labute approximate surface area is 167 Å². The van der Waals surface area contributed by atoms with Crippen LogP contribution in [0.1, 0.15) is 26.2 Å². The van der Waals surface area contributed by atoms with Gasteiger partial charge in [0.2, 0.25) is 5.95 Å². The molecular weight excluding hydrogens is 378 g/mol. The molecule has 2 N–H and O–H groups in total. The van der Waals surface area contributed by atoms with Crippen molar-refractivity contribution in [1.29, 1.82) is 0 Å². The molecule has 2 saturated heterocycles. The molecule has 152 valence electrons. The van der Waals surface area contributed by atoms with Crippen molar-refractivity contribution >= 4 is 39.8 Å². The molecule has 9 nitrogen and oxygen atoms in total. The van der Waals surface area contributed by atoms with E-state index in [4.69, 9.17) is 9.97 Å². The van der Waals surface area contributed by atoms with Crippen LogP contribution < -0.4 is 15.1 Å².